The van der Waals surface area contributed by atoms with Crippen molar-refractivity contribution in [3.05, 3.63) is 83.9 Å². The molecule has 0 spiro atoms. The van der Waals surface area contributed by atoms with E-state index in [0.29, 0.717) is 11.5 Å². The molecule has 0 bridgehead atoms. The van der Waals surface area contributed by atoms with Crippen LogP contribution in [0, 0.1) is 5.92 Å². The van der Waals surface area contributed by atoms with Crippen LogP contribution in [0.5, 0.6) is 23.0 Å². The molecule has 1 atom stereocenters. The molecule has 10 heteroatoms. The minimum absolute atomic E-state index is 0.0639. The molecule has 0 heterocycles. The first-order valence-corrected chi connectivity index (χ1v) is 11.6. The molecule has 0 amide bonds. The highest BCUT2D eigenvalue weighted by atomic mass is 19.4. The van der Waals surface area contributed by atoms with Gasteiger partial charge < -0.3 is 24.1 Å². The van der Waals surface area contributed by atoms with Gasteiger partial charge >= 0.3 is 12.3 Å². The molecule has 0 aliphatic rings. The van der Waals surface area contributed by atoms with E-state index < -0.39 is 29.5 Å². The minimum atomic E-state index is -4.90. The third-order valence-electron chi connectivity index (χ3n) is 5.23. The van der Waals surface area contributed by atoms with E-state index >= 15 is 0 Å². The van der Waals surface area contributed by atoms with E-state index in [1.165, 1.54) is 19.9 Å². The van der Waals surface area contributed by atoms with Crippen LogP contribution in [0.4, 0.5) is 13.2 Å². The third-order valence-corrected chi connectivity index (χ3v) is 5.23. The summed E-state index contributed by atoms with van der Waals surface area (Å²) in [6, 6.07) is 17.9. The predicted octanol–water partition coefficient (Wildman–Crippen LogP) is 6.15. The average Bonchev–Trinajstić information content (AvgIpc) is 2.86. The van der Waals surface area contributed by atoms with Crippen LogP contribution >= 0.6 is 0 Å². The Bertz CT molecular complexity index is 1240. The number of halogens is 3. The Morgan fingerprint density at radius 2 is 1.39 bits per heavy atom. The van der Waals surface area contributed by atoms with Gasteiger partial charge in [-0.2, -0.15) is 0 Å². The second kappa shape index (κ2) is 11.9. The Hall–Kier alpha value is -4.21. The van der Waals surface area contributed by atoms with Gasteiger partial charge in [0.05, 0.1) is 18.8 Å². The summed E-state index contributed by atoms with van der Waals surface area (Å²) in [4.78, 5) is 24.2. The number of ether oxygens (including phenoxy) is 4. The number of carboxylic acid groups (broad SMARTS) is 1. The highest BCUT2D eigenvalue weighted by Crippen LogP contribution is 2.30. The Morgan fingerprint density at radius 3 is 2.00 bits per heavy atom. The lowest BCUT2D eigenvalue weighted by molar-refractivity contribution is -0.274. The molecule has 0 aliphatic heterocycles. The number of benzene rings is 3. The van der Waals surface area contributed by atoms with Gasteiger partial charge in [-0.3, -0.25) is 4.79 Å². The summed E-state index contributed by atoms with van der Waals surface area (Å²) in [5.74, 6) is -1.29. The van der Waals surface area contributed by atoms with Crippen LogP contribution in [0.1, 0.15) is 36.7 Å². The standard InChI is InChI=1S/C28H27F3O7/c1-18(16-35-20-9-11-21(12-10-20)37-27(2,3)26(33)34)17-36-24-14-13-22(38-28(29,30)31)15-23(24)25(32)19-7-5-4-6-8-19/h4-15,18H,16-17H2,1-3H3,(H,33,34). The molecule has 0 aromatic heterocycles. The molecule has 1 unspecified atom stereocenters. The van der Waals surface area contributed by atoms with E-state index in [-0.39, 0.29) is 36.0 Å². The number of carbonyl (C=O) groups is 2. The fraction of sp³-hybridized carbons (Fsp3) is 0.286. The lowest BCUT2D eigenvalue weighted by Crippen LogP contribution is -2.37. The summed E-state index contributed by atoms with van der Waals surface area (Å²) in [6.07, 6.45) is -4.90. The van der Waals surface area contributed by atoms with Gasteiger partial charge in [-0.05, 0) is 56.3 Å². The number of rotatable bonds is 12. The fourth-order valence-electron chi connectivity index (χ4n) is 3.22. The van der Waals surface area contributed by atoms with Gasteiger partial charge in [-0.15, -0.1) is 13.2 Å². The van der Waals surface area contributed by atoms with Crippen molar-refractivity contribution < 1.29 is 46.8 Å². The molecule has 3 aromatic carbocycles. The molecule has 3 rings (SSSR count). The normalized spacial score (nSPS) is 12.4. The zero-order chi connectivity index (χ0) is 27.9. The van der Waals surface area contributed by atoms with E-state index in [9.17, 15) is 22.8 Å². The molecule has 0 aliphatic carbocycles. The van der Waals surface area contributed by atoms with Crippen molar-refractivity contribution in [1.82, 2.24) is 0 Å². The molecule has 0 fully saturated rings. The molecular formula is C28H27F3O7. The van der Waals surface area contributed by atoms with Gasteiger partial charge in [0.15, 0.2) is 11.4 Å². The Kier molecular flexibility index (Phi) is 8.88. The van der Waals surface area contributed by atoms with Gasteiger partial charge in [0, 0.05) is 11.5 Å². The van der Waals surface area contributed by atoms with Crippen LogP contribution < -0.4 is 18.9 Å². The summed E-state index contributed by atoms with van der Waals surface area (Å²) in [6.45, 7) is 5.07. The summed E-state index contributed by atoms with van der Waals surface area (Å²) in [7, 11) is 0. The van der Waals surface area contributed by atoms with Gasteiger partial charge in [0.2, 0.25) is 0 Å². The first kappa shape index (κ1) is 28.4. The van der Waals surface area contributed by atoms with Gasteiger partial charge in [-0.25, -0.2) is 4.79 Å². The molecule has 0 radical (unpaired) electrons. The average molecular weight is 533 g/mol. The number of hydrogen-bond acceptors (Lipinski definition) is 6. The number of ketones is 1. The Morgan fingerprint density at radius 1 is 0.816 bits per heavy atom. The quantitative estimate of drug-likeness (QED) is 0.280. The van der Waals surface area contributed by atoms with Gasteiger partial charge in [-0.1, -0.05) is 37.3 Å². The van der Waals surface area contributed by atoms with E-state index in [2.05, 4.69) is 4.74 Å². The summed E-state index contributed by atoms with van der Waals surface area (Å²) in [5.41, 5.74) is -1.16. The zero-order valence-corrected chi connectivity index (χ0v) is 21.0. The van der Waals surface area contributed by atoms with E-state index in [1.54, 1.807) is 54.6 Å². The van der Waals surface area contributed by atoms with E-state index in [0.717, 1.165) is 12.1 Å². The van der Waals surface area contributed by atoms with Gasteiger partial charge in [0.25, 0.3) is 0 Å². The topological polar surface area (TPSA) is 91.3 Å². The van der Waals surface area contributed by atoms with Crippen LogP contribution in [0.15, 0.2) is 72.8 Å². The van der Waals surface area contributed by atoms with E-state index in [4.69, 9.17) is 19.3 Å². The Balaban J connectivity index is 1.64. The monoisotopic (exact) mass is 532 g/mol. The highest BCUT2D eigenvalue weighted by Gasteiger charge is 2.32. The minimum Gasteiger partial charge on any atom is -0.493 e. The maximum atomic E-state index is 13.0. The predicted molar refractivity (Wildman–Crippen MR) is 132 cm³/mol. The number of alkyl halides is 3. The van der Waals surface area contributed by atoms with Crippen LogP contribution in [-0.4, -0.2) is 42.0 Å². The lowest BCUT2D eigenvalue weighted by atomic mass is 10.0. The van der Waals surface area contributed by atoms with Crippen molar-refractivity contribution in [2.45, 2.75) is 32.7 Å². The lowest BCUT2D eigenvalue weighted by Gasteiger charge is -2.21. The maximum Gasteiger partial charge on any atom is 0.573 e. The summed E-state index contributed by atoms with van der Waals surface area (Å²) in [5, 5.41) is 9.17. The van der Waals surface area contributed by atoms with Crippen molar-refractivity contribution in [3.63, 3.8) is 0 Å². The second-order valence-electron chi connectivity index (χ2n) is 9.02. The molecule has 0 saturated carbocycles. The molecule has 3 aromatic rings. The molecule has 1 N–H and O–H groups in total. The second-order valence-corrected chi connectivity index (χ2v) is 9.02. The van der Waals surface area contributed by atoms with Crippen molar-refractivity contribution in [2.24, 2.45) is 5.92 Å². The first-order valence-electron chi connectivity index (χ1n) is 11.6. The first-order chi connectivity index (χ1) is 17.8. The molecule has 0 saturated heterocycles. The van der Waals surface area contributed by atoms with Crippen LogP contribution in [0.3, 0.4) is 0 Å². The summed E-state index contributed by atoms with van der Waals surface area (Å²) < 4.78 is 59.1. The molecule has 38 heavy (non-hydrogen) atoms. The highest BCUT2D eigenvalue weighted by molar-refractivity contribution is 6.10. The van der Waals surface area contributed by atoms with Crippen molar-refractivity contribution >= 4 is 11.8 Å². The van der Waals surface area contributed by atoms with Crippen molar-refractivity contribution in [3.8, 4) is 23.0 Å². The van der Waals surface area contributed by atoms with Crippen LogP contribution in [0.2, 0.25) is 0 Å². The number of aliphatic carboxylic acids is 1. The van der Waals surface area contributed by atoms with Crippen LogP contribution in [0.25, 0.3) is 0 Å². The smallest absolute Gasteiger partial charge is 0.493 e. The largest absolute Gasteiger partial charge is 0.573 e. The summed E-state index contributed by atoms with van der Waals surface area (Å²) >= 11 is 0. The van der Waals surface area contributed by atoms with Crippen molar-refractivity contribution in [1.29, 1.82) is 0 Å². The number of carboxylic acids is 1. The van der Waals surface area contributed by atoms with Crippen LogP contribution in [-0.2, 0) is 4.79 Å². The number of hydrogen-bond donors (Lipinski definition) is 1. The maximum absolute atomic E-state index is 13.0. The number of carbonyl (C=O) groups excluding carboxylic acids is 1. The fourth-order valence-corrected chi connectivity index (χ4v) is 3.22. The zero-order valence-electron chi connectivity index (χ0n) is 21.0. The third kappa shape index (κ3) is 8.16. The molecule has 7 nitrogen and oxygen atoms in total. The van der Waals surface area contributed by atoms with Crippen molar-refractivity contribution in [2.75, 3.05) is 13.2 Å². The molecule has 202 valence electrons. The van der Waals surface area contributed by atoms with Gasteiger partial charge in [0.1, 0.15) is 23.0 Å². The Labute approximate surface area is 217 Å². The van der Waals surface area contributed by atoms with E-state index in [1.807, 2.05) is 6.92 Å². The molecular weight excluding hydrogens is 505 g/mol. The SMILES string of the molecule is CC(COc1ccc(OC(C)(C)C(=O)O)cc1)COc1ccc(OC(F)(F)F)cc1C(=O)c1ccccc1.